The number of nitrogens with zero attached hydrogens (tertiary/aromatic N) is 4. The van der Waals surface area contributed by atoms with Crippen molar-refractivity contribution in [3.8, 4) is 0 Å². The second kappa shape index (κ2) is 7.53. The van der Waals surface area contributed by atoms with Gasteiger partial charge in [0.15, 0.2) is 5.82 Å². The van der Waals surface area contributed by atoms with Gasteiger partial charge in [0.2, 0.25) is 5.89 Å². The Labute approximate surface area is 178 Å². The number of amides is 1. The molecular weight excluding hydrogens is 402 g/mol. The van der Waals surface area contributed by atoms with Crippen LogP contribution in [-0.4, -0.2) is 52.0 Å². The lowest BCUT2D eigenvalue weighted by atomic mass is 9.81. The van der Waals surface area contributed by atoms with Gasteiger partial charge in [0.1, 0.15) is 11.6 Å². The fraction of sp³-hybridized carbons (Fsp3) is 0.348. The number of hydrogen-bond donors (Lipinski definition) is 0. The Morgan fingerprint density at radius 3 is 2.55 bits per heavy atom. The topological polar surface area (TPSA) is 62.5 Å². The van der Waals surface area contributed by atoms with Crippen LogP contribution in [0.25, 0.3) is 0 Å². The van der Waals surface area contributed by atoms with Crippen LogP contribution in [0.3, 0.4) is 0 Å². The number of fused-ring (bicyclic) bond motifs is 1. The molecule has 2 saturated heterocycles. The number of rotatable bonds is 4. The molecule has 0 spiro atoms. The molecule has 1 aromatic heterocycles. The van der Waals surface area contributed by atoms with Crippen molar-refractivity contribution in [1.82, 2.24) is 19.9 Å². The van der Waals surface area contributed by atoms with Gasteiger partial charge in [0.05, 0.1) is 5.41 Å². The average Bonchev–Trinajstić information content (AvgIpc) is 3.40. The minimum absolute atomic E-state index is 0.0237. The highest BCUT2D eigenvalue weighted by atomic mass is 19.1. The Morgan fingerprint density at radius 2 is 1.87 bits per heavy atom. The molecule has 0 radical (unpaired) electrons. The lowest BCUT2D eigenvalue weighted by molar-refractivity contribution is 0.0766. The Bertz CT molecular complexity index is 1100. The van der Waals surface area contributed by atoms with Crippen molar-refractivity contribution in [3.05, 3.63) is 83.0 Å². The number of aromatic nitrogens is 2. The summed E-state index contributed by atoms with van der Waals surface area (Å²) in [4.78, 5) is 21.6. The maximum absolute atomic E-state index is 13.6. The molecule has 160 valence electrons. The summed E-state index contributed by atoms with van der Waals surface area (Å²) < 4.78 is 32.9. The summed E-state index contributed by atoms with van der Waals surface area (Å²) in [6.45, 7) is 4.42. The number of aryl methyl sites for hydroxylation is 1. The standard InChI is InChI=1S/C23H22F2N4O2/c1-15-26-22(31-27-15)23-13-28(10-16-7-19(24)9-20(25)8-16)11-18(23)12-29(14-23)21(30)17-5-3-2-4-6-17/h2-9,18H,10-14H2,1H3/t18-,23-/m0/s1. The van der Waals surface area contributed by atoms with Gasteiger partial charge in [-0.1, -0.05) is 23.4 Å². The first-order chi connectivity index (χ1) is 14.9. The zero-order valence-corrected chi connectivity index (χ0v) is 17.1. The van der Waals surface area contributed by atoms with E-state index in [1.807, 2.05) is 35.2 Å². The highest BCUT2D eigenvalue weighted by molar-refractivity contribution is 5.94. The fourth-order valence-corrected chi connectivity index (χ4v) is 4.97. The van der Waals surface area contributed by atoms with E-state index in [0.717, 1.165) is 6.07 Å². The van der Waals surface area contributed by atoms with Crippen molar-refractivity contribution in [2.75, 3.05) is 26.2 Å². The normalized spacial score (nSPS) is 23.3. The SMILES string of the molecule is Cc1noc([C@]23CN(Cc4cc(F)cc(F)c4)C[C@H]2CN(C(=O)c2ccccc2)C3)n1. The van der Waals surface area contributed by atoms with Crippen LogP contribution >= 0.6 is 0 Å². The third-order valence-corrected chi connectivity index (χ3v) is 6.27. The molecule has 8 heteroatoms. The average molecular weight is 424 g/mol. The Balaban J connectivity index is 1.41. The van der Waals surface area contributed by atoms with Gasteiger partial charge >= 0.3 is 0 Å². The van der Waals surface area contributed by atoms with E-state index >= 15 is 0 Å². The van der Waals surface area contributed by atoms with Crippen LogP contribution in [0.4, 0.5) is 8.78 Å². The molecule has 0 bridgehead atoms. The largest absolute Gasteiger partial charge is 0.339 e. The van der Waals surface area contributed by atoms with Gasteiger partial charge in [0, 0.05) is 50.3 Å². The monoisotopic (exact) mass is 424 g/mol. The van der Waals surface area contributed by atoms with E-state index in [2.05, 4.69) is 15.0 Å². The molecule has 2 aliphatic heterocycles. The molecule has 1 amide bonds. The van der Waals surface area contributed by atoms with Gasteiger partial charge in [-0.3, -0.25) is 9.69 Å². The van der Waals surface area contributed by atoms with Crippen LogP contribution in [0.2, 0.25) is 0 Å². The molecule has 3 aromatic rings. The molecule has 2 atom stereocenters. The minimum Gasteiger partial charge on any atom is -0.339 e. The third-order valence-electron chi connectivity index (χ3n) is 6.27. The van der Waals surface area contributed by atoms with E-state index in [0.29, 0.717) is 55.6 Å². The quantitative estimate of drug-likeness (QED) is 0.644. The van der Waals surface area contributed by atoms with Crippen molar-refractivity contribution < 1.29 is 18.1 Å². The minimum atomic E-state index is -0.587. The smallest absolute Gasteiger partial charge is 0.253 e. The highest BCUT2D eigenvalue weighted by Gasteiger charge is 2.57. The number of carbonyl (C=O) groups excluding carboxylic acids is 1. The first-order valence-corrected chi connectivity index (χ1v) is 10.3. The van der Waals surface area contributed by atoms with E-state index in [9.17, 15) is 13.6 Å². The zero-order chi connectivity index (χ0) is 21.6. The Kier molecular flexibility index (Phi) is 4.81. The van der Waals surface area contributed by atoms with Crippen LogP contribution < -0.4 is 0 Å². The van der Waals surface area contributed by atoms with Crippen LogP contribution in [0.5, 0.6) is 0 Å². The zero-order valence-electron chi connectivity index (χ0n) is 17.1. The first kappa shape index (κ1) is 19.8. The summed E-state index contributed by atoms with van der Waals surface area (Å²) in [6, 6.07) is 12.8. The predicted octanol–water partition coefficient (Wildman–Crippen LogP) is 3.18. The van der Waals surface area contributed by atoms with E-state index in [-0.39, 0.29) is 11.8 Å². The molecule has 0 unspecified atom stereocenters. The second-order valence-corrected chi connectivity index (χ2v) is 8.50. The maximum atomic E-state index is 13.6. The highest BCUT2D eigenvalue weighted by Crippen LogP contribution is 2.45. The van der Waals surface area contributed by atoms with Crippen molar-refractivity contribution >= 4 is 5.91 Å². The van der Waals surface area contributed by atoms with Gasteiger partial charge in [-0.05, 0) is 36.8 Å². The third kappa shape index (κ3) is 3.61. The summed E-state index contributed by atoms with van der Waals surface area (Å²) in [7, 11) is 0. The van der Waals surface area contributed by atoms with Crippen molar-refractivity contribution in [1.29, 1.82) is 0 Å². The molecule has 2 fully saturated rings. The van der Waals surface area contributed by atoms with Crippen molar-refractivity contribution in [2.45, 2.75) is 18.9 Å². The summed E-state index contributed by atoms with van der Waals surface area (Å²) >= 11 is 0. The molecule has 2 aliphatic rings. The molecule has 0 saturated carbocycles. The van der Waals surface area contributed by atoms with Crippen LogP contribution in [0, 0.1) is 24.5 Å². The van der Waals surface area contributed by atoms with Gasteiger partial charge in [-0.25, -0.2) is 8.78 Å². The summed E-state index contributed by atoms with van der Waals surface area (Å²) in [5.41, 5.74) is 0.718. The summed E-state index contributed by atoms with van der Waals surface area (Å²) in [5, 5.41) is 3.97. The van der Waals surface area contributed by atoms with Gasteiger partial charge in [-0.15, -0.1) is 0 Å². The van der Waals surface area contributed by atoms with E-state index in [1.165, 1.54) is 12.1 Å². The van der Waals surface area contributed by atoms with Gasteiger partial charge in [-0.2, -0.15) is 4.98 Å². The predicted molar refractivity (Wildman–Crippen MR) is 108 cm³/mol. The number of carbonyl (C=O) groups is 1. The van der Waals surface area contributed by atoms with Crippen LogP contribution in [-0.2, 0) is 12.0 Å². The Morgan fingerprint density at radius 1 is 1.13 bits per heavy atom. The van der Waals surface area contributed by atoms with Crippen molar-refractivity contribution in [2.24, 2.45) is 5.92 Å². The summed E-state index contributed by atoms with van der Waals surface area (Å²) in [5.74, 6) is -0.0526. The molecule has 2 aromatic carbocycles. The van der Waals surface area contributed by atoms with Gasteiger partial charge < -0.3 is 9.42 Å². The number of likely N-dealkylation sites (tertiary alicyclic amines) is 2. The molecule has 3 heterocycles. The fourth-order valence-electron chi connectivity index (χ4n) is 4.97. The molecular formula is C23H22F2N4O2. The summed E-state index contributed by atoms with van der Waals surface area (Å²) in [6.07, 6.45) is 0. The first-order valence-electron chi connectivity index (χ1n) is 10.3. The number of hydrogen-bond acceptors (Lipinski definition) is 5. The molecule has 6 nitrogen and oxygen atoms in total. The lowest BCUT2D eigenvalue weighted by Crippen LogP contribution is -2.40. The van der Waals surface area contributed by atoms with Gasteiger partial charge in [0.25, 0.3) is 5.91 Å². The van der Waals surface area contributed by atoms with E-state index < -0.39 is 17.0 Å². The van der Waals surface area contributed by atoms with Crippen LogP contribution in [0.15, 0.2) is 53.1 Å². The van der Waals surface area contributed by atoms with E-state index in [4.69, 9.17) is 4.52 Å². The maximum Gasteiger partial charge on any atom is 0.253 e. The molecule has 5 rings (SSSR count). The Hall–Kier alpha value is -3.13. The number of benzene rings is 2. The molecule has 31 heavy (non-hydrogen) atoms. The molecule has 0 N–H and O–H groups in total. The lowest BCUT2D eigenvalue weighted by Gasteiger charge is -2.26. The van der Waals surface area contributed by atoms with Crippen LogP contribution in [0.1, 0.15) is 27.6 Å². The second-order valence-electron chi connectivity index (χ2n) is 8.50. The van der Waals surface area contributed by atoms with E-state index in [1.54, 1.807) is 6.92 Å². The van der Waals surface area contributed by atoms with Crippen molar-refractivity contribution in [3.63, 3.8) is 0 Å². The number of halogens is 2. The molecule has 0 aliphatic carbocycles.